The molecule has 22 heavy (non-hydrogen) atoms. The second-order valence-electron chi connectivity index (χ2n) is 5.25. The van der Waals surface area contributed by atoms with Crippen LogP contribution in [0.3, 0.4) is 0 Å². The maximum atomic E-state index is 13.0. The molecule has 0 radical (unpaired) electrons. The Morgan fingerprint density at radius 1 is 1.50 bits per heavy atom. The number of halogens is 1. The molecule has 2 aromatic heterocycles. The minimum Gasteiger partial charge on any atom is -0.387 e. The smallest absolute Gasteiger partial charge is 0.220 e. The lowest BCUT2D eigenvalue weighted by atomic mass is 10.1. The van der Waals surface area contributed by atoms with Gasteiger partial charge in [-0.25, -0.2) is 4.39 Å². The molecule has 2 rings (SSSR count). The van der Waals surface area contributed by atoms with Crippen LogP contribution >= 0.6 is 11.3 Å². The van der Waals surface area contributed by atoms with Gasteiger partial charge < -0.3 is 10.4 Å². The summed E-state index contributed by atoms with van der Waals surface area (Å²) >= 11 is 1.50. The number of amides is 1. The van der Waals surface area contributed by atoms with Gasteiger partial charge in [-0.3, -0.25) is 9.78 Å². The number of aliphatic hydroxyl groups is 1. The van der Waals surface area contributed by atoms with E-state index in [1.165, 1.54) is 17.4 Å². The first-order chi connectivity index (χ1) is 10.5. The summed E-state index contributed by atoms with van der Waals surface area (Å²) in [7, 11) is 0. The molecule has 0 aromatic carbocycles. The number of carbonyl (C=O) groups is 1. The van der Waals surface area contributed by atoms with Gasteiger partial charge in [0.2, 0.25) is 5.91 Å². The number of hydrogen-bond acceptors (Lipinski definition) is 4. The Hall–Kier alpha value is -1.79. The largest absolute Gasteiger partial charge is 0.387 e. The SMILES string of the molecule is CC(CC(O)c1cccs1)NC(=O)CCc1cncc(F)c1. The van der Waals surface area contributed by atoms with E-state index >= 15 is 0 Å². The van der Waals surface area contributed by atoms with Crippen LogP contribution in [0.5, 0.6) is 0 Å². The van der Waals surface area contributed by atoms with Crippen molar-refractivity contribution in [1.82, 2.24) is 10.3 Å². The number of hydrogen-bond donors (Lipinski definition) is 2. The summed E-state index contributed by atoms with van der Waals surface area (Å²) in [6.07, 6.45) is 3.30. The van der Waals surface area contributed by atoms with E-state index in [4.69, 9.17) is 0 Å². The summed E-state index contributed by atoms with van der Waals surface area (Å²) in [6.45, 7) is 1.86. The monoisotopic (exact) mass is 322 g/mol. The lowest BCUT2D eigenvalue weighted by Crippen LogP contribution is -2.33. The zero-order valence-electron chi connectivity index (χ0n) is 12.3. The molecular weight excluding hydrogens is 303 g/mol. The maximum Gasteiger partial charge on any atom is 0.220 e. The summed E-state index contributed by atoms with van der Waals surface area (Å²) in [5, 5.41) is 14.8. The van der Waals surface area contributed by atoms with E-state index in [0.29, 0.717) is 18.4 Å². The summed E-state index contributed by atoms with van der Waals surface area (Å²) in [6, 6.07) is 5.01. The second-order valence-corrected chi connectivity index (χ2v) is 6.23. The first kappa shape index (κ1) is 16.6. The lowest BCUT2D eigenvalue weighted by molar-refractivity contribution is -0.121. The molecular formula is C16H19FN2O2S. The van der Waals surface area contributed by atoms with Crippen molar-refractivity contribution in [2.45, 2.75) is 38.3 Å². The number of aromatic nitrogens is 1. The second kappa shape index (κ2) is 8.00. The van der Waals surface area contributed by atoms with Gasteiger partial charge in [-0.05, 0) is 42.8 Å². The van der Waals surface area contributed by atoms with Crippen molar-refractivity contribution in [1.29, 1.82) is 0 Å². The van der Waals surface area contributed by atoms with Crippen LogP contribution in [0, 0.1) is 5.82 Å². The zero-order chi connectivity index (χ0) is 15.9. The molecule has 0 fully saturated rings. The van der Waals surface area contributed by atoms with Crippen LogP contribution in [-0.2, 0) is 11.2 Å². The highest BCUT2D eigenvalue weighted by molar-refractivity contribution is 7.10. The van der Waals surface area contributed by atoms with Gasteiger partial charge in [0.05, 0.1) is 12.3 Å². The molecule has 2 atom stereocenters. The molecule has 0 saturated carbocycles. The molecule has 4 nitrogen and oxygen atoms in total. The predicted molar refractivity (Wildman–Crippen MR) is 84.0 cm³/mol. The fraction of sp³-hybridized carbons (Fsp3) is 0.375. The lowest BCUT2D eigenvalue weighted by Gasteiger charge is -2.17. The third-order valence-corrected chi connectivity index (χ3v) is 4.23. The molecule has 2 heterocycles. The fourth-order valence-corrected chi connectivity index (χ4v) is 2.91. The molecule has 1 amide bonds. The van der Waals surface area contributed by atoms with Crippen molar-refractivity contribution in [3.8, 4) is 0 Å². The van der Waals surface area contributed by atoms with E-state index in [-0.39, 0.29) is 18.4 Å². The van der Waals surface area contributed by atoms with E-state index in [1.54, 1.807) is 6.20 Å². The van der Waals surface area contributed by atoms with Crippen molar-refractivity contribution >= 4 is 17.2 Å². The summed E-state index contributed by atoms with van der Waals surface area (Å²) in [5.41, 5.74) is 0.696. The van der Waals surface area contributed by atoms with Gasteiger partial charge in [-0.1, -0.05) is 6.07 Å². The van der Waals surface area contributed by atoms with Gasteiger partial charge in [-0.2, -0.15) is 0 Å². The molecule has 0 spiro atoms. The Labute approximate surface area is 133 Å². The number of carbonyl (C=O) groups excluding carboxylic acids is 1. The third kappa shape index (κ3) is 5.20. The van der Waals surface area contributed by atoms with Gasteiger partial charge in [0.1, 0.15) is 5.82 Å². The Morgan fingerprint density at radius 2 is 2.32 bits per heavy atom. The van der Waals surface area contributed by atoms with Crippen LogP contribution in [0.4, 0.5) is 4.39 Å². The Balaban J connectivity index is 1.74. The quantitative estimate of drug-likeness (QED) is 0.824. The normalized spacial score (nSPS) is 13.6. The standard InChI is InChI=1S/C16H19FN2O2S/c1-11(7-14(20)15-3-2-6-22-15)19-16(21)5-4-12-8-13(17)10-18-9-12/h2-3,6,8-11,14,20H,4-5,7H2,1H3,(H,19,21). The van der Waals surface area contributed by atoms with Crippen LogP contribution in [-0.4, -0.2) is 22.0 Å². The number of aryl methyl sites for hydroxylation is 1. The van der Waals surface area contributed by atoms with Crippen LogP contribution in [0.15, 0.2) is 36.0 Å². The summed E-state index contributed by atoms with van der Waals surface area (Å²) < 4.78 is 13.0. The first-order valence-electron chi connectivity index (χ1n) is 7.15. The maximum absolute atomic E-state index is 13.0. The summed E-state index contributed by atoms with van der Waals surface area (Å²) in [5.74, 6) is -0.513. The predicted octanol–water partition coefficient (Wildman–Crippen LogP) is 2.84. The van der Waals surface area contributed by atoms with Crippen molar-refractivity contribution in [2.24, 2.45) is 0 Å². The highest BCUT2D eigenvalue weighted by atomic mass is 32.1. The van der Waals surface area contributed by atoms with Crippen molar-refractivity contribution < 1.29 is 14.3 Å². The number of rotatable bonds is 7. The molecule has 6 heteroatoms. The Morgan fingerprint density at radius 3 is 3.00 bits per heavy atom. The molecule has 0 bridgehead atoms. The fourth-order valence-electron chi connectivity index (χ4n) is 2.19. The topological polar surface area (TPSA) is 62.2 Å². The minimum atomic E-state index is -0.567. The number of nitrogens with zero attached hydrogens (tertiary/aromatic N) is 1. The average Bonchev–Trinajstić information content (AvgIpc) is 2.99. The van der Waals surface area contributed by atoms with Gasteiger partial charge >= 0.3 is 0 Å². The molecule has 2 N–H and O–H groups in total. The van der Waals surface area contributed by atoms with Gasteiger partial charge in [0, 0.05) is 23.5 Å². The third-order valence-electron chi connectivity index (χ3n) is 3.26. The van der Waals surface area contributed by atoms with Crippen molar-refractivity contribution in [2.75, 3.05) is 0 Å². The van der Waals surface area contributed by atoms with E-state index in [0.717, 1.165) is 11.1 Å². The highest BCUT2D eigenvalue weighted by Gasteiger charge is 2.15. The van der Waals surface area contributed by atoms with E-state index < -0.39 is 11.9 Å². The Bertz CT molecular complexity index is 604. The molecule has 0 aliphatic rings. The van der Waals surface area contributed by atoms with Gasteiger partial charge in [0.25, 0.3) is 0 Å². The number of pyridine rings is 1. The van der Waals surface area contributed by atoms with Crippen molar-refractivity contribution in [3.63, 3.8) is 0 Å². The van der Waals surface area contributed by atoms with E-state index in [9.17, 15) is 14.3 Å². The molecule has 2 unspecified atom stereocenters. The van der Waals surface area contributed by atoms with Crippen LogP contribution in [0.1, 0.15) is 36.3 Å². The Kier molecular flexibility index (Phi) is 6.03. The first-order valence-corrected chi connectivity index (χ1v) is 8.03. The van der Waals surface area contributed by atoms with Crippen LogP contribution < -0.4 is 5.32 Å². The van der Waals surface area contributed by atoms with Crippen LogP contribution in [0.25, 0.3) is 0 Å². The molecule has 0 aliphatic heterocycles. The van der Waals surface area contributed by atoms with E-state index in [1.807, 2.05) is 24.4 Å². The van der Waals surface area contributed by atoms with Gasteiger partial charge in [-0.15, -0.1) is 11.3 Å². The number of nitrogens with one attached hydrogen (secondary N) is 1. The van der Waals surface area contributed by atoms with Crippen LogP contribution in [0.2, 0.25) is 0 Å². The molecule has 2 aromatic rings. The molecule has 0 aliphatic carbocycles. The number of thiophene rings is 1. The minimum absolute atomic E-state index is 0.116. The molecule has 118 valence electrons. The van der Waals surface area contributed by atoms with Crippen molar-refractivity contribution in [3.05, 3.63) is 52.2 Å². The zero-order valence-corrected chi connectivity index (χ0v) is 13.1. The highest BCUT2D eigenvalue weighted by Crippen LogP contribution is 2.22. The number of aliphatic hydroxyl groups excluding tert-OH is 1. The summed E-state index contributed by atoms with van der Waals surface area (Å²) in [4.78, 5) is 16.5. The van der Waals surface area contributed by atoms with Gasteiger partial charge in [0.15, 0.2) is 0 Å². The average molecular weight is 322 g/mol. The molecule has 0 saturated heterocycles. The van der Waals surface area contributed by atoms with E-state index in [2.05, 4.69) is 10.3 Å².